The van der Waals surface area contributed by atoms with Crippen LogP contribution in [0.4, 0.5) is 10.1 Å². The van der Waals surface area contributed by atoms with Crippen molar-refractivity contribution < 1.29 is 13.9 Å². The highest BCUT2D eigenvalue weighted by Gasteiger charge is 2.08. The molecule has 8 heteroatoms. The Bertz CT molecular complexity index is 848. The maximum absolute atomic E-state index is 12.8. The van der Waals surface area contributed by atoms with Crippen molar-refractivity contribution in [2.24, 2.45) is 7.05 Å². The van der Waals surface area contributed by atoms with Crippen LogP contribution in [0.1, 0.15) is 0 Å². The lowest BCUT2D eigenvalue weighted by atomic mass is 10.2. The lowest BCUT2D eigenvalue weighted by Crippen LogP contribution is -2.20. The number of tetrazole rings is 1. The summed E-state index contributed by atoms with van der Waals surface area (Å²) in [5, 5.41) is 14.0. The van der Waals surface area contributed by atoms with Crippen molar-refractivity contribution in [2.75, 3.05) is 11.9 Å². The van der Waals surface area contributed by atoms with Crippen molar-refractivity contribution in [1.29, 1.82) is 0 Å². The third-order valence-electron chi connectivity index (χ3n) is 3.21. The molecule has 1 heterocycles. The number of nitrogens with zero attached hydrogens (tertiary/aromatic N) is 4. The van der Waals surface area contributed by atoms with E-state index >= 15 is 0 Å². The van der Waals surface area contributed by atoms with E-state index in [0.29, 0.717) is 17.3 Å². The van der Waals surface area contributed by atoms with Gasteiger partial charge in [-0.25, -0.2) is 9.07 Å². The van der Waals surface area contributed by atoms with E-state index in [-0.39, 0.29) is 18.3 Å². The summed E-state index contributed by atoms with van der Waals surface area (Å²) < 4.78 is 19.6. The molecule has 1 N–H and O–H groups in total. The second-order valence-electron chi connectivity index (χ2n) is 5.00. The van der Waals surface area contributed by atoms with Crippen LogP contribution in [0.15, 0.2) is 48.5 Å². The standard InChI is InChI=1S/C16H14FN5O2/c1-22-16(19-20-21-22)11-3-2-4-13(9-11)18-15(23)10-24-14-7-5-12(17)6-8-14/h2-9H,10H2,1H3,(H,18,23). The summed E-state index contributed by atoms with van der Waals surface area (Å²) in [4.78, 5) is 12.0. The van der Waals surface area contributed by atoms with Crippen LogP contribution in [0.5, 0.6) is 5.75 Å². The Morgan fingerprint density at radius 2 is 2.04 bits per heavy atom. The SMILES string of the molecule is Cn1nnnc1-c1cccc(NC(=O)COc2ccc(F)cc2)c1. The van der Waals surface area contributed by atoms with E-state index in [0.717, 1.165) is 5.56 Å². The molecule has 0 saturated carbocycles. The molecule has 24 heavy (non-hydrogen) atoms. The fourth-order valence-electron chi connectivity index (χ4n) is 2.09. The van der Waals surface area contributed by atoms with Gasteiger partial charge in [0.15, 0.2) is 12.4 Å². The van der Waals surface area contributed by atoms with Crippen molar-refractivity contribution in [3.05, 3.63) is 54.3 Å². The fraction of sp³-hybridized carbons (Fsp3) is 0.125. The number of hydrogen-bond acceptors (Lipinski definition) is 5. The number of hydrogen-bond donors (Lipinski definition) is 1. The number of anilines is 1. The van der Waals surface area contributed by atoms with Crippen molar-refractivity contribution in [3.63, 3.8) is 0 Å². The number of halogens is 1. The minimum absolute atomic E-state index is 0.179. The largest absolute Gasteiger partial charge is 0.484 e. The fourth-order valence-corrected chi connectivity index (χ4v) is 2.09. The highest BCUT2D eigenvalue weighted by atomic mass is 19.1. The number of aromatic nitrogens is 4. The molecule has 1 aromatic heterocycles. The van der Waals surface area contributed by atoms with E-state index in [9.17, 15) is 9.18 Å². The van der Waals surface area contributed by atoms with E-state index in [1.165, 1.54) is 24.3 Å². The van der Waals surface area contributed by atoms with E-state index in [2.05, 4.69) is 20.8 Å². The second-order valence-corrected chi connectivity index (χ2v) is 5.00. The van der Waals surface area contributed by atoms with Gasteiger partial charge in [-0.05, 0) is 46.8 Å². The first kappa shape index (κ1) is 15.6. The zero-order valence-corrected chi connectivity index (χ0v) is 12.8. The number of benzene rings is 2. The topological polar surface area (TPSA) is 81.9 Å². The van der Waals surface area contributed by atoms with E-state index < -0.39 is 0 Å². The summed E-state index contributed by atoms with van der Waals surface area (Å²) in [6.45, 7) is -0.179. The Labute approximate surface area is 137 Å². The lowest BCUT2D eigenvalue weighted by molar-refractivity contribution is -0.118. The number of carbonyl (C=O) groups is 1. The summed E-state index contributed by atoms with van der Waals surface area (Å²) in [5.41, 5.74) is 1.38. The molecule has 7 nitrogen and oxygen atoms in total. The van der Waals surface area contributed by atoms with Crippen LogP contribution in [0.2, 0.25) is 0 Å². The smallest absolute Gasteiger partial charge is 0.262 e. The van der Waals surface area contributed by atoms with Crippen molar-refractivity contribution >= 4 is 11.6 Å². The molecule has 0 aliphatic carbocycles. The van der Waals surface area contributed by atoms with Gasteiger partial charge in [-0.2, -0.15) is 0 Å². The number of carbonyl (C=O) groups excluding carboxylic acids is 1. The van der Waals surface area contributed by atoms with Crippen LogP contribution >= 0.6 is 0 Å². The number of rotatable bonds is 5. The van der Waals surface area contributed by atoms with Crippen LogP contribution in [0.3, 0.4) is 0 Å². The third kappa shape index (κ3) is 3.72. The van der Waals surface area contributed by atoms with Gasteiger partial charge in [0.05, 0.1) is 0 Å². The zero-order chi connectivity index (χ0) is 16.9. The van der Waals surface area contributed by atoms with Crippen molar-refractivity contribution in [2.45, 2.75) is 0 Å². The van der Waals surface area contributed by atoms with Crippen LogP contribution in [-0.2, 0) is 11.8 Å². The average molecular weight is 327 g/mol. The zero-order valence-electron chi connectivity index (χ0n) is 12.8. The molecule has 0 fully saturated rings. The van der Waals surface area contributed by atoms with Gasteiger partial charge in [-0.15, -0.1) is 5.10 Å². The van der Waals surface area contributed by atoms with Gasteiger partial charge >= 0.3 is 0 Å². The first-order valence-electron chi connectivity index (χ1n) is 7.13. The van der Waals surface area contributed by atoms with Crippen LogP contribution < -0.4 is 10.1 Å². The molecule has 0 spiro atoms. The molecule has 0 saturated heterocycles. The predicted octanol–water partition coefficient (Wildman–Crippen LogP) is 2.03. The summed E-state index contributed by atoms with van der Waals surface area (Å²) in [5.74, 6) is 0.327. The minimum atomic E-state index is -0.359. The summed E-state index contributed by atoms with van der Waals surface area (Å²) in [6, 6.07) is 12.6. The molecule has 122 valence electrons. The Morgan fingerprint density at radius 1 is 1.25 bits per heavy atom. The van der Waals surface area contributed by atoms with Gasteiger partial charge in [-0.3, -0.25) is 4.79 Å². The number of nitrogens with one attached hydrogen (secondary N) is 1. The van der Waals surface area contributed by atoms with Crippen LogP contribution in [0.25, 0.3) is 11.4 Å². The van der Waals surface area contributed by atoms with Crippen LogP contribution in [-0.4, -0.2) is 32.7 Å². The Hall–Kier alpha value is -3.29. The molecule has 0 aliphatic heterocycles. The van der Waals surface area contributed by atoms with E-state index in [1.807, 2.05) is 6.07 Å². The van der Waals surface area contributed by atoms with Crippen LogP contribution in [0, 0.1) is 5.82 Å². The molecule has 2 aromatic carbocycles. The molecule has 1 amide bonds. The van der Waals surface area contributed by atoms with Gasteiger partial charge in [0.25, 0.3) is 5.91 Å². The molecule has 0 bridgehead atoms. The first-order valence-corrected chi connectivity index (χ1v) is 7.13. The molecular formula is C16H14FN5O2. The number of amides is 1. The van der Waals surface area contributed by atoms with Gasteiger partial charge in [0, 0.05) is 18.3 Å². The summed E-state index contributed by atoms with van der Waals surface area (Å²) in [6.07, 6.45) is 0. The number of aryl methyl sites for hydroxylation is 1. The Balaban J connectivity index is 1.62. The second kappa shape index (κ2) is 6.86. The lowest BCUT2D eigenvalue weighted by Gasteiger charge is -2.08. The van der Waals surface area contributed by atoms with Crippen molar-refractivity contribution in [1.82, 2.24) is 20.2 Å². The maximum atomic E-state index is 12.8. The quantitative estimate of drug-likeness (QED) is 0.775. The van der Waals surface area contributed by atoms with E-state index in [4.69, 9.17) is 4.74 Å². The first-order chi connectivity index (χ1) is 11.6. The molecule has 3 rings (SSSR count). The monoisotopic (exact) mass is 327 g/mol. The molecule has 3 aromatic rings. The highest BCUT2D eigenvalue weighted by molar-refractivity contribution is 5.92. The maximum Gasteiger partial charge on any atom is 0.262 e. The Morgan fingerprint density at radius 3 is 2.75 bits per heavy atom. The van der Waals surface area contributed by atoms with Gasteiger partial charge in [0.1, 0.15) is 11.6 Å². The third-order valence-corrected chi connectivity index (χ3v) is 3.21. The molecule has 0 atom stereocenters. The molecular weight excluding hydrogens is 313 g/mol. The minimum Gasteiger partial charge on any atom is -0.484 e. The normalized spacial score (nSPS) is 10.4. The summed E-state index contributed by atoms with van der Waals surface area (Å²) >= 11 is 0. The van der Waals surface area contributed by atoms with Gasteiger partial charge in [0.2, 0.25) is 0 Å². The predicted molar refractivity (Wildman–Crippen MR) is 84.8 cm³/mol. The van der Waals surface area contributed by atoms with Crippen molar-refractivity contribution in [3.8, 4) is 17.1 Å². The summed E-state index contributed by atoms with van der Waals surface area (Å²) in [7, 11) is 1.73. The Kier molecular flexibility index (Phi) is 4.46. The molecule has 0 aliphatic rings. The van der Waals surface area contributed by atoms with Gasteiger partial charge < -0.3 is 10.1 Å². The molecule has 0 radical (unpaired) electrons. The number of ether oxygens (including phenoxy) is 1. The van der Waals surface area contributed by atoms with E-state index in [1.54, 1.807) is 29.9 Å². The van der Waals surface area contributed by atoms with Gasteiger partial charge in [-0.1, -0.05) is 12.1 Å². The molecule has 0 unspecified atom stereocenters. The average Bonchev–Trinajstić information content (AvgIpc) is 3.01. The highest BCUT2D eigenvalue weighted by Crippen LogP contribution is 2.19.